The average molecular weight is 500 g/mol. The van der Waals surface area contributed by atoms with Gasteiger partial charge in [0.15, 0.2) is 11.5 Å². The zero-order chi connectivity index (χ0) is 22.6. The monoisotopic (exact) mass is 499 g/mol. The van der Waals surface area contributed by atoms with E-state index in [-0.39, 0.29) is 11.7 Å². The molecular formula is C22H18ClN5O3S2. The van der Waals surface area contributed by atoms with Crippen LogP contribution in [0.2, 0.25) is 5.02 Å². The number of tetrazole rings is 1. The molecule has 2 aromatic carbocycles. The van der Waals surface area contributed by atoms with Gasteiger partial charge in [-0.15, -0.1) is 16.4 Å². The summed E-state index contributed by atoms with van der Waals surface area (Å²) in [4.78, 5) is 16.2. The molecule has 0 saturated carbocycles. The van der Waals surface area contributed by atoms with E-state index in [1.807, 2.05) is 47.8 Å². The van der Waals surface area contributed by atoms with Gasteiger partial charge in [0.1, 0.15) is 13.2 Å². The molecule has 0 unspecified atom stereocenters. The van der Waals surface area contributed by atoms with Crippen molar-refractivity contribution in [1.29, 1.82) is 0 Å². The predicted molar refractivity (Wildman–Crippen MR) is 128 cm³/mol. The number of carbonyl (C=O) groups excluding carboxylic acids is 1. The highest BCUT2D eigenvalue weighted by Crippen LogP contribution is 2.35. The topological polar surface area (TPSA) is 82.4 Å². The number of ether oxygens (including phenoxy) is 2. The molecule has 1 aliphatic rings. The predicted octanol–water partition coefficient (Wildman–Crippen LogP) is 4.47. The Hall–Kier alpha value is -3.08. The van der Waals surface area contributed by atoms with Gasteiger partial charge in [-0.25, -0.2) is 0 Å². The van der Waals surface area contributed by atoms with Crippen LogP contribution < -0.4 is 14.4 Å². The fourth-order valence-corrected chi connectivity index (χ4v) is 4.88. The molecule has 0 aliphatic carbocycles. The van der Waals surface area contributed by atoms with E-state index >= 15 is 0 Å². The van der Waals surface area contributed by atoms with Crippen LogP contribution in [0.3, 0.4) is 0 Å². The van der Waals surface area contributed by atoms with Gasteiger partial charge in [-0.05, 0) is 58.3 Å². The highest BCUT2D eigenvalue weighted by molar-refractivity contribution is 7.99. The van der Waals surface area contributed by atoms with Crippen LogP contribution in [0.1, 0.15) is 4.88 Å². The number of rotatable bonds is 7. The number of thioether (sulfide) groups is 1. The van der Waals surface area contributed by atoms with Gasteiger partial charge >= 0.3 is 0 Å². The number of thiophene rings is 1. The first-order valence-corrected chi connectivity index (χ1v) is 12.3. The van der Waals surface area contributed by atoms with Gasteiger partial charge in [-0.2, -0.15) is 4.68 Å². The van der Waals surface area contributed by atoms with Crippen molar-refractivity contribution in [1.82, 2.24) is 20.2 Å². The van der Waals surface area contributed by atoms with Crippen molar-refractivity contribution in [2.75, 3.05) is 23.9 Å². The molecule has 4 aromatic rings. The maximum absolute atomic E-state index is 13.4. The summed E-state index contributed by atoms with van der Waals surface area (Å²) >= 11 is 8.86. The molecule has 0 atom stereocenters. The number of amides is 1. The molecular weight excluding hydrogens is 482 g/mol. The molecule has 8 nitrogen and oxygen atoms in total. The van der Waals surface area contributed by atoms with Crippen molar-refractivity contribution in [2.45, 2.75) is 11.7 Å². The fourth-order valence-electron chi connectivity index (χ4n) is 3.30. The van der Waals surface area contributed by atoms with Crippen LogP contribution in [-0.2, 0) is 11.3 Å². The highest BCUT2D eigenvalue weighted by Gasteiger charge is 2.22. The zero-order valence-corrected chi connectivity index (χ0v) is 19.6. The number of hydrogen-bond donors (Lipinski definition) is 0. The molecule has 11 heteroatoms. The van der Waals surface area contributed by atoms with Gasteiger partial charge in [0.25, 0.3) is 0 Å². The summed E-state index contributed by atoms with van der Waals surface area (Å²) in [5.41, 5.74) is 1.51. The van der Waals surface area contributed by atoms with E-state index in [1.54, 1.807) is 33.1 Å². The van der Waals surface area contributed by atoms with E-state index in [2.05, 4.69) is 15.5 Å². The lowest BCUT2D eigenvalue weighted by Gasteiger charge is -2.25. The average Bonchev–Trinajstić information content (AvgIpc) is 3.53. The molecule has 33 heavy (non-hydrogen) atoms. The largest absolute Gasteiger partial charge is 0.486 e. The minimum atomic E-state index is -0.0734. The Morgan fingerprint density at radius 1 is 1.12 bits per heavy atom. The van der Waals surface area contributed by atoms with Crippen molar-refractivity contribution < 1.29 is 14.3 Å². The first-order valence-electron chi connectivity index (χ1n) is 10.1. The maximum Gasteiger partial charge on any atom is 0.237 e. The number of benzene rings is 2. The van der Waals surface area contributed by atoms with Crippen LogP contribution >= 0.6 is 34.7 Å². The third-order valence-corrected chi connectivity index (χ3v) is 6.89. The van der Waals surface area contributed by atoms with Crippen LogP contribution in [-0.4, -0.2) is 45.1 Å². The molecule has 0 saturated heterocycles. The second kappa shape index (κ2) is 9.82. The number of carbonyl (C=O) groups is 1. The molecule has 168 valence electrons. The first kappa shape index (κ1) is 21.7. The van der Waals surface area contributed by atoms with Gasteiger partial charge in [-0.3, -0.25) is 4.79 Å². The Labute approximate surface area is 203 Å². The zero-order valence-electron chi connectivity index (χ0n) is 17.3. The van der Waals surface area contributed by atoms with Crippen LogP contribution in [0.4, 0.5) is 5.69 Å². The minimum absolute atomic E-state index is 0.0734. The number of fused-ring (bicyclic) bond motifs is 1. The van der Waals surface area contributed by atoms with Crippen LogP contribution in [0.15, 0.2) is 65.1 Å². The lowest BCUT2D eigenvalue weighted by atomic mass is 10.2. The summed E-state index contributed by atoms with van der Waals surface area (Å²) in [7, 11) is 0. The Balaban J connectivity index is 1.36. The van der Waals surface area contributed by atoms with E-state index < -0.39 is 0 Å². The minimum Gasteiger partial charge on any atom is -0.486 e. The Morgan fingerprint density at radius 3 is 2.73 bits per heavy atom. The van der Waals surface area contributed by atoms with Gasteiger partial charge in [0.2, 0.25) is 11.1 Å². The second-order valence-electron chi connectivity index (χ2n) is 7.03. The van der Waals surface area contributed by atoms with Crippen LogP contribution in [0.25, 0.3) is 5.69 Å². The Bertz CT molecular complexity index is 1250. The van der Waals surface area contributed by atoms with E-state index in [0.717, 1.165) is 16.3 Å². The maximum atomic E-state index is 13.4. The molecule has 1 aliphatic heterocycles. The van der Waals surface area contributed by atoms with Crippen molar-refractivity contribution in [3.63, 3.8) is 0 Å². The molecule has 0 fully saturated rings. The number of aromatic nitrogens is 4. The Kier molecular flexibility index (Phi) is 6.47. The van der Waals surface area contributed by atoms with Gasteiger partial charge in [0, 0.05) is 21.7 Å². The second-order valence-corrected chi connectivity index (χ2v) is 9.44. The van der Waals surface area contributed by atoms with Crippen LogP contribution in [0.5, 0.6) is 11.5 Å². The molecule has 0 bridgehead atoms. The summed E-state index contributed by atoms with van der Waals surface area (Å²) in [6.45, 7) is 1.46. The van der Waals surface area contributed by atoms with E-state index in [4.69, 9.17) is 21.1 Å². The van der Waals surface area contributed by atoms with Crippen molar-refractivity contribution >= 4 is 46.3 Å². The van der Waals surface area contributed by atoms with Crippen molar-refractivity contribution in [2.24, 2.45) is 0 Å². The van der Waals surface area contributed by atoms with Gasteiger partial charge in [-0.1, -0.05) is 29.4 Å². The number of anilines is 1. The third-order valence-electron chi connectivity index (χ3n) is 4.87. The summed E-state index contributed by atoms with van der Waals surface area (Å²) in [5.74, 6) is 1.41. The van der Waals surface area contributed by atoms with Gasteiger partial charge < -0.3 is 14.4 Å². The lowest BCUT2D eigenvalue weighted by Crippen LogP contribution is -2.32. The molecule has 3 heterocycles. The summed E-state index contributed by atoms with van der Waals surface area (Å²) in [6.07, 6.45) is 0. The smallest absolute Gasteiger partial charge is 0.237 e. The standard InChI is InChI=1S/C22H18ClN5O3S2/c23-15-3-5-16(6-4-15)28-22(24-25-26-28)33-14-21(29)27(13-18-2-1-11-32-18)17-7-8-19-20(12-17)31-10-9-30-19/h1-8,11-12H,9-10,13-14H2. The summed E-state index contributed by atoms with van der Waals surface area (Å²) < 4.78 is 12.9. The van der Waals surface area contributed by atoms with E-state index in [1.165, 1.54) is 11.8 Å². The molecule has 2 aromatic heterocycles. The molecule has 1 amide bonds. The normalized spacial score (nSPS) is 12.5. The quantitative estimate of drug-likeness (QED) is 0.347. The van der Waals surface area contributed by atoms with Crippen molar-refractivity contribution in [3.8, 4) is 17.2 Å². The first-order chi connectivity index (χ1) is 16.2. The number of nitrogens with zero attached hydrogens (tertiary/aromatic N) is 5. The number of halogens is 1. The van der Waals surface area contributed by atoms with Crippen LogP contribution in [0, 0.1) is 0 Å². The molecule has 0 radical (unpaired) electrons. The number of hydrogen-bond acceptors (Lipinski definition) is 8. The fraction of sp³-hybridized carbons (Fsp3) is 0.182. The Morgan fingerprint density at radius 2 is 1.94 bits per heavy atom. The molecule has 0 N–H and O–H groups in total. The SMILES string of the molecule is O=C(CSc1nnnn1-c1ccc(Cl)cc1)N(Cc1cccs1)c1ccc2c(c1)OCCO2. The van der Waals surface area contributed by atoms with E-state index in [0.29, 0.717) is 41.4 Å². The summed E-state index contributed by atoms with van der Waals surface area (Å²) in [5, 5.41) is 15.0. The molecule has 0 spiro atoms. The van der Waals surface area contributed by atoms with Crippen molar-refractivity contribution in [3.05, 3.63) is 69.9 Å². The lowest BCUT2D eigenvalue weighted by molar-refractivity contribution is -0.116. The third kappa shape index (κ3) is 4.97. The van der Waals surface area contributed by atoms with Gasteiger partial charge in [0.05, 0.1) is 18.0 Å². The molecule has 5 rings (SSSR count). The highest BCUT2D eigenvalue weighted by atomic mass is 35.5. The van der Waals surface area contributed by atoms with E-state index in [9.17, 15) is 4.79 Å². The summed E-state index contributed by atoms with van der Waals surface area (Å²) in [6, 6.07) is 16.7.